The predicted octanol–water partition coefficient (Wildman–Crippen LogP) is 2.74. The molecule has 0 unspecified atom stereocenters. The Morgan fingerprint density at radius 2 is 1.83 bits per heavy atom. The van der Waals surface area contributed by atoms with Crippen LogP contribution < -0.4 is 0 Å². The second-order valence-corrected chi connectivity index (χ2v) is 6.97. The predicted molar refractivity (Wildman–Crippen MR) is 61.0 cm³/mol. The Balaban J connectivity index is 4.83. The minimum atomic E-state index is -2.97. The van der Waals surface area contributed by atoms with Crippen molar-refractivity contribution in [3.8, 4) is 0 Å². The van der Waals surface area contributed by atoms with E-state index in [1.807, 2.05) is 20.8 Å². The first kappa shape index (κ1) is 12.4. The highest BCUT2D eigenvalue weighted by atomic mass is 127. The molecule has 4 heteroatoms. The van der Waals surface area contributed by atoms with Gasteiger partial charge in [-0.1, -0.05) is 27.7 Å². The minimum Gasteiger partial charge on any atom is -0.224 e. The Morgan fingerprint density at radius 1 is 1.42 bits per heavy atom. The van der Waals surface area contributed by atoms with Crippen LogP contribution in [-0.2, 0) is 9.84 Å². The molecule has 0 fully saturated rings. The first-order valence-electron chi connectivity index (χ1n) is 3.79. The quantitative estimate of drug-likeness (QED) is 0.735. The van der Waals surface area contributed by atoms with Crippen molar-refractivity contribution in [3.63, 3.8) is 0 Å². The largest absolute Gasteiger partial charge is 0.224 e. The van der Waals surface area contributed by atoms with Gasteiger partial charge in [-0.05, 0) is 28.0 Å². The highest BCUT2D eigenvalue weighted by Gasteiger charge is 2.16. The summed E-state index contributed by atoms with van der Waals surface area (Å²) in [5, 5.41) is 1.37. The zero-order chi connectivity index (χ0) is 9.99. The summed E-state index contributed by atoms with van der Waals surface area (Å²) in [6.07, 6.45) is 0. The summed E-state index contributed by atoms with van der Waals surface area (Å²) in [5.41, 5.74) is -0.0667. The Kier molecular flexibility index (Phi) is 4.23. The summed E-state index contributed by atoms with van der Waals surface area (Å²) in [4.78, 5) is 0. The summed E-state index contributed by atoms with van der Waals surface area (Å²) < 4.78 is 23.2. The summed E-state index contributed by atoms with van der Waals surface area (Å²) in [5.74, 6) is 0.176. The van der Waals surface area contributed by atoms with Gasteiger partial charge in [0.2, 0.25) is 0 Å². The fourth-order valence-electron chi connectivity index (χ4n) is 0.418. The van der Waals surface area contributed by atoms with Crippen LogP contribution in [0.25, 0.3) is 0 Å². The van der Waals surface area contributed by atoms with Gasteiger partial charge >= 0.3 is 0 Å². The number of hydrogen-bond donors (Lipinski definition) is 0. The van der Waals surface area contributed by atoms with Crippen molar-refractivity contribution >= 4 is 32.4 Å². The van der Waals surface area contributed by atoms with Gasteiger partial charge < -0.3 is 0 Å². The number of rotatable bonds is 2. The summed E-state index contributed by atoms with van der Waals surface area (Å²) in [6.45, 7) is 7.64. The van der Waals surface area contributed by atoms with Crippen LogP contribution >= 0.6 is 22.6 Å². The van der Waals surface area contributed by atoms with Crippen molar-refractivity contribution in [2.45, 2.75) is 27.7 Å². The minimum absolute atomic E-state index is 0.0667. The van der Waals surface area contributed by atoms with Crippen LogP contribution in [0.5, 0.6) is 0 Å². The van der Waals surface area contributed by atoms with E-state index in [0.717, 1.165) is 3.58 Å². The van der Waals surface area contributed by atoms with E-state index >= 15 is 0 Å². The maximum Gasteiger partial charge on any atom is 0.172 e. The van der Waals surface area contributed by atoms with Crippen molar-refractivity contribution in [2.75, 3.05) is 5.75 Å². The van der Waals surface area contributed by atoms with E-state index in [1.165, 1.54) is 5.41 Å². The molecule has 0 bridgehead atoms. The molecule has 0 rings (SSSR count). The molecule has 0 aromatic rings. The van der Waals surface area contributed by atoms with Gasteiger partial charge in [-0.15, -0.1) is 0 Å². The van der Waals surface area contributed by atoms with Crippen molar-refractivity contribution in [1.29, 1.82) is 0 Å². The van der Waals surface area contributed by atoms with Crippen LogP contribution in [-0.4, -0.2) is 14.2 Å². The Labute approximate surface area is 88.5 Å². The van der Waals surface area contributed by atoms with Gasteiger partial charge in [-0.2, -0.15) is 0 Å². The highest BCUT2D eigenvalue weighted by molar-refractivity contribution is 14.1. The molecule has 0 aromatic heterocycles. The van der Waals surface area contributed by atoms with Gasteiger partial charge in [-0.3, -0.25) is 0 Å². The van der Waals surface area contributed by atoms with Gasteiger partial charge in [0.05, 0.1) is 5.75 Å². The lowest BCUT2D eigenvalue weighted by molar-refractivity contribution is 0.538. The third kappa shape index (κ3) is 4.45. The monoisotopic (exact) mass is 302 g/mol. The molecule has 0 aliphatic carbocycles. The number of hydrogen-bond acceptors (Lipinski definition) is 2. The third-order valence-corrected chi connectivity index (χ3v) is 5.15. The molecular weight excluding hydrogens is 287 g/mol. The second kappa shape index (κ2) is 4.09. The van der Waals surface area contributed by atoms with E-state index in [0.29, 0.717) is 0 Å². The first-order chi connectivity index (χ1) is 5.19. The first-order valence-corrected chi connectivity index (χ1v) is 6.59. The third-order valence-electron chi connectivity index (χ3n) is 1.40. The van der Waals surface area contributed by atoms with Crippen LogP contribution in [0.1, 0.15) is 27.7 Å². The van der Waals surface area contributed by atoms with Crippen LogP contribution in [0.3, 0.4) is 0 Å². The van der Waals surface area contributed by atoms with E-state index in [1.54, 1.807) is 6.92 Å². The molecule has 0 N–H and O–H groups in total. The van der Waals surface area contributed by atoms with Crippen LogP contribution in [0.15, 0.2) is 8.99 Å². The lowest BCUT2D eigenvalue weighted by Gasteiger charge is -2.17. The molecule has 0 radical (unpaired) electrons. The molecule has 0 saturated carbocycles. The lowest BCUT2D eigenvalue weighted by Crippen LogP contribution is -2.07. The van der Waals surface area contributed by atoms with Crippen molar-refractivity contribution in [2.24, 2.45) is 5.41 Å². The van der Waals surface area contributed by atoms with Gasteiger partial charge in [0, 0.05) is 8.99 Å². The highest BCUT2D eigenvalue weighted by Crippen LogP contribution is 2.31. The Hall–Kier alpha value is 0.420. The molecule has 0 aliphatic rings. The molecule has 12 heavy (non-hydrogen) atoms. The average Bonchev–Trinajstić information content (AvgIpc) is 1.85. The van der Waals surface area contributed by atoms with E-state index in [2.05, 4.69) is 22.6 Å². The second-order valence-electron chi connectivity index (χ2n) is 3.67. The molecule has 2 nitrogen and oxygen atoms in total. The molecule has 0 atom stereocenters. The summed E-state index contributed by atoms with van der Waals surface area (Å²) in [7, 11) is -2.97. The SMILES string of the molecule is CCS(=O)(=O)/C=C(/I)C(C)(C)C. The number of sulfone groups is 1. The van der Waals surface area contributed by atoms with E-state index < -0.39 is 9.84 Å². The molecule has 0 aliphatic heterocycles. The van der Waals surface area contributed by atoms with Crippen LogP contribution in [0, 0.1) is 5.41 Å². The number of allylic oxidation sites excluding steroid dienone is 1. The van der Waals surface area contributed by atoms with Gasteiger partial charge in [0.15, 0.2) is 9.84 Å². The van der Waals surface area contributed by atoms with E-state index in [9.17, 15) is 8.42 Å². The smallest absolute Gasteiger partial charge is 0.172 e. The number of halogens is 1. The van der Waals surface area contributed by atoms with E-state index in [-0.39, 0.29) is 11.2 Å². The maximum atomic E-state index is 11.2. The lowest BCUT2D eigenvalue weighted by atomic mass is 9.98. The topological polar surface area (TPSA) is 34.1 Å². The van der Waals surface area contributed by atoms with Gasteiger partial charge in [-0.25, -0.2) is 8.42 Å². The van der Waals surface area contributed by atoms with Gasteiger partial charge in [0.25, 0.3) is 0 Å². The standard InChI is InChI=1S/C8H15IO2S/c1-5-12(10,11)6-7(9)8(2,3)4/h6H,5H2,1-4H3/b7-6+. The van der Waals surface area contributed by atoms with Crippen molar-refractivity contribution in [1.82, 2.24) is 0 Å². The molecular formula is C8H15IO2S. The zero-order valence-corrected chi connectivity index (χ0v) is 10.9. The van der Waals surface area contributed by atoms with Crippen molar-refractivity contribution in [3.05, 3.63) is 8.99 Å². The molecule has 0 aromatic carbocycles. The van der Waals surface area contributed by atoms with Gasteiger partial charge in [0.1, 0.15) is 0 Å². The Morgan fingerprint density at radius 3 is 2.08 bits per heavy atom. The van der Waals surface area contributed by atoms with Crippen molar-refractivity contribution < 1.29 is 8.42 Å². The summed E-state index contributed by atoms with van der Waals surface area (Å²) >= 11 is 2.08. The van der Waals surface area contributed by atoms with Crippen LogP contribution in [0.4, 0.5) is 0 Å². The average molecular weight is 302 g/mol. The van der Waals surface area contributed by atoms with E-state index in [4.69, 9.17) is 0 Å². The molecule has 0 spiro atoms. The fraction of sp³-hybridized carbons (Fsp3) is 0.750. The molecule has 72 valence electrons. The van der Waals surface area contributed by atoms with Crippen LogP contribution in [0.2, 0.25) is 0 Å². The maximum absolute atomic E-state index is 11.2. The summed E-state index contributed by atoms with van der Waals surface area (Å²) in [6, 6.07) is 0. The fourth-order valence-corrected chi connectivity index (χ4v) is 2.42. The Bertz CT molecular complexity index is 270. The normalized spacial score (nSPS) is 14.9. The zero-order valence-electron chi connectivity index (χ0n) is 7.89. The molecule has 0 amide bonds. The molecule has 0 heterocycles. The molecule has 0 saturated heterocycles.